The van der Waals surface area contributed by atoms with Gasteiger partial charge in [0, 0.05) is 30.0 Å². The minimum atomic E-state index is -2.09. The van der Waals surface area contributed by atoms with Crippen molar-refractivity contribution >= 4 is 8.32 Å². The molecule has 29 heavy (non-hydrogen) atoms. The van der Waals surface area contributed by atoms with Crippen molar-refractivity contribution in [3.63, 3.8) is 0 Å². The Morgan fingerprint density at radius 2 is 1.90 bits per heavy atom. The molecule has 0 aromatic carbocycles. The summed E-state index contributed by atoms with van der Waals surface area (Å²) in [7, 11) is -2.09. The van der Waals surface area contributed by atoms with E-state index in [0.29, 0.717) is 26.2 Å². The Labute approximate surface area is 177 Å². The number of unbranched alkanes of at least 4 members (excludes halogenated alkanes) is 1. The van der Waals surface area contributed by atoms with Gasteiger partial charge in [0.2, 0.25) is 0 Å². The van der Waals surface area contributed by atoms with E-state index in [4.69, 9.17) is 25.2 Å². The first kappa shape index (κ1) is 26.4. The molecular formula is C20H42N4O4Si. The number of nitrogens with two attached hydrogens (primary N) is 1. The molecule has 0 aliphatic carbocycles. The maximum absolute atomic E-state index is 9.52. The number of aliphatic hydroxyl groups excluding tert-OH is 1. The first-order chi connectivity index (χ1) is 13.5. The highest BCUT2D eigenvalue weighted by molar-refractivity contribution is 6.74. The van der Waals surface area contributed by atoms with Gasteiger partial charge in [-0.05, 0) is 48.8 Å². The van der Waals surface area contributed by atoms with E-state index >= 15 is 0 Å². The highest BCUT2D eigenvalue weighted by atomic mass is 28.4. The van der Waals surface area contributed by atoms with Gasteiger partial charge in [-0.1, -0.05) is 39.2 Å². The summed E-state index contributed by atoms with van der Waals surface area (Å²) in [6.07, 6.45) is 2.64. The molecule has 1 aliphatic heterocycles. The Hall–Kier alpha value is -0.673. The van der Waals surface area contributed by atoms with Crippen LogP contribution in [-0.2, 0) is 13.9 Å². The van der Waals surface area contributed by atoms with E-state index < -0.39 is 8.32 Å². The van der Waals surface area contributed by atoms with Crippen LogP contribution >= 0.6 is 0 Å². The summed E-state index contributed by atoms with van der Waals surface area (Å²) >= 11 is 0. The fraction of sp³-hybridized carbons (Fsp3) is 1.00. The van der Waals surface area contributed by atoms with Crippen LogP contribution in [0.3, 0.4) is 0 Å². The van der Waals surface area contributed by atoms with Crippen LogP contribution in [0, 0.1) is 11.8 Å². The molecule has 4 atom stereocenters. The molecule has 8 nitrogen and oxygen atoms in total. The number of rotatable bonds is 13. The third-order valence-electron chi connectivity index (χ3n) is 6.17. The lowest BCUT2D eigenvalue weighted by molar-refractivity contribution is -0.121. The van der Waals surface area contributed by atoms with Crippen molar-refractivity contribution in [2.24, 2.45) is 22.7 Å². The van der Waals surface area contributed by atoms with Gasteiger partial charge in [0.05, 0.1) is 19.3 Å². The van der Waals surface area contributed by atoms with Crippen molar-refractivity contribution in [3.8, 4) is 0 Å². The fourth-order valence-electron chi connectivity index (χ4n) is 3.37. The molecular weight excluding hydrogens is 388 g/mol. The first-order valence-corrected chi connectivity index (χ1v) is 13.7. The lowest BCUT2D eigenvalue weighted by atomic mass is 9.87. The van der Waals surface area contributed by atoms with E-state index in [-0.39, 0.29) is 41.9 Å². The van der Waals surface area contributed by atoms with Gasteiger partial charge in [0.1, 0.15) is 0 Å². The van der Waals surface area contributed by atoms with Crippen molar-refractivity contribution in [3.05, 3.63) is 10.4 Å². The van der Waals surface area contributed by atoms with E-state index in [1.54, 1.807) is 0 Å². The Kier molecular flexibility index (Phi) is 11.1. The lowest BCUT2D eigenvalue weighted by Gasteiger charge is -2.44. The Morgan fingerprint density at radius 1 is 1.28 bits per heavy atom. The van der Waals surface area contributed by atoms with Gasteiger partial charge >= 0.3 is 0 Å². The van der Waals surface area contributed by atoms with Crippen LogP contribution in [0.5, 0.6) is 0 Å². The molecule has 0 amide bonds. The zero-order valence-electron chi connectivity index (χ0n) is 19.1. The summed E-state index contributed by atoms with van der Waals surface area (Å²) < 4.78 is 18.6. The van der Waals surface area contributed by atoms with E-state index in [1.807, 2.05) is 6.92 Å². The summed E-state index contributed by atoms with van der Waals surface area (Å²) in [5.74, 6) is 0.102. The SMILES string of the molecule is C[C@@H](CO)C[C@H](N)C(O[Si](C)(C)C(C)(C)C)[C@@H](CCCCN=[N+]=[N-])C1OCCO1. The minimum absolute atomic E-state index is 0.00131. The van der Waals surface area contributed by atoms with E-state index in [9.17, 15) is 5.11 Å². The number of hydrogen-bond donors (Lipinski definition) is 2. The molecule has 1 heterocycles. The van der Waals surface area contributed by atoms with Gasteiger partial charge in [-0.3, -0.25) is 0 Å². The quantitative estimate of drug-likeness (QED) is 0.149. The molecule has 1 rings (SSSR count). The predicted octanol–water partition coefficient (Wildman–Crippen LogP) is 4.19. The molecule has 1 aliphatic rings. The molecule has 0 spiro atoms. The van der Waals surface area contributed by atoms with Gasteiger partial charge in [0.25, 0.3) is 0 Å². The van der Waals surface area contributed by atoms with E-state index in [2.05, 4.69) is 43.9 Å². The van der Waals surface area contributed by atoms with Crippen LogP contribution < -0.4 is 5.73 Å². The van der Waals surface area contributed by atoms with E-state index in [1.165, 1.54) is 0 Å². The summed E-state index contributed by atoms with van der Waals surface area (Å²) in [6.45, 7) is 14.9. The van der Waals surface area contributed by atoms with Gasteiger partial charge in [-0.15, -0.1) is 0 Å². The van der Waals surface area contributed by atoms with Crippen molar-refractivity contribution in [1.29, 1.82) is 0 Å². The summed E-state index contributed by atoms with van der Waals surface area (Å²) in [6, 6.07) is -0.221. The zero-order valence-corrected chi connectivity index (χ0v) is 20.1. The molecule has 0 saturated carbocycles. The largest absolute Gasteiger partial charge is 0.412 e. The van der Waals surface area contributed by atoms with Crippen molar-refractivity contribution in [2.75, 3.05) is 26.4 Å². The van der Waals surface area contributed by atoms with Crippen molar-refractivity contribution in [1.82, 2.24) is 0 Å². The average molecular weight is 431 g/mol. The van der Waals surface area contributed by atoms with Crippen LogP contribution in [-0.4, -0.2) is 58.2 Å². The van der Waals surface area contributed by atoms with Crippen LogP contribution in [0.4, 0.5) is 0 Å². The second-order valence-corrected chi connectivity index (χ2v) is 14.5. The molecule has 0 bridgehead atoms. The third-order valence-corrected chi connectivity index (χ3v) is 10.6. The molecule has 0 aromatic heterocycles. The number of azide groups is 1. The molecule has 1 saturated heterocycles. The number of nitrogens with zero attached hydrogens (tertiary/aromatic N) is 3. The molecule has 170 valence electrons. The number of ether oxygens (including phenoxy) is 2. The topological polar surface area (TPSA) is 123 Å². The fourth-order valence-corrected chi connectivity index (χ4v) is 4.75. The summed E-state index contributed by atoms with van der Waals surface area (Å²) in [5.41, 5.74) is 15.2. The standard InChI is InChI=1S/C20H42N4O4Si/c1-15(14-25)13-17(21)18(28-29(5,6)20(2,3)4)16(19-26-11-12-27-19)9-7-8-10-23-24-22/h15-19,25H,7-14,21H2,1-6H3/t15-,16-,17+,18?/m1/s1. The zero-order chi connectivity index (χ0) is 22.1. The van der Waals surface area contributed by atoms with Crippen LogP contribution in [0.15, 0.2) is 5.11 Å². The van der Waals surface area contributed by atoms with Gasteiger partial charge in [-0.25, -0.2) is 0 Å². The molecule has 9 heteroatoms. The molecule has 0 radical (unpaired) electrons. The molecule has 1 fully saturated rings. The van der Waals surface area contributed by atoms with Crippen molar-refractivity contribution < 1.29 is 19.0 Å². The highest BCUT2D eigenvalue weighted by Gasteiger charge is 2.45. The van der Waals surface area contributed by atoms with Crippen molar-refractivity contribution in [2.45, 2.75) is 89.9 Å². The summed E-state index contributed by atoms with van der Waals surface area (Å²) in [4.78, 5) is 2.82. The van der Waals surface area contributed by atoms with Gasteiger partial charge in [0.15, 0.2) is 14.6 Å². The maximum Gasteiger partial charge on any atom is 0.192 e. The first-order valence-electron chi connectivity index (χ1n) is 10.8. The van der Waals surface area contributed by atoms with Crippen LogP contribution in [0.2, 0.25) is 18.1 Å². The molecule has 0 aromatic rings. The second kappa shape index (κ2) is 12.2. The Balaban J connectivity index is 3.06. The smallest absolute Gasteiger partial charge is 0.192 e. The third kappa shape index (κ3) is 8.53. The number of aliphatic hydroxyl groups is 1. The molecule has 1 unspecified atom stereocenters. The highest BCUT2D eigenvalue weighted by Crippen LogP contribution is 2.40. The normalized spacial score (nSPS) is 20.1. The average Bonchev–Trinajstić information content (AvgIpc) is 3.16. The predicted molar refractivity (Wildman–Crippen MR) is 118 cm³/mol. The maximum atomic E-state index is 9.52. The number of hydrogen-bond acceptors (Lipinski definition) is 6. The minimum Gasteiger partial charge on any atom is -0.412 e. The van der Waals surface area contributed by atoms with Crippen LogP contribution in [0.1, 0.15) is 53.4 Å². The monoisotopic (exact) mass is 430 g/mol. The summed E-state index contributed by atoms with van der Waals surface area (Å²) in [5, 5.41) is 13.2. The molecule has 3 N–H and O–H groups in total. The van der Waals surface area contributed by atoms with Crippen LogP contribution in [0.25, 0.3) is 10.4 Å². The van der Waals surface area contributed by atoms with Gasteiger partial charge in [-0.2, -0.15) is 0 Å². The van der Waals surface area contributed by atoms with E-state index in [0.717, 1.165) is 19.3 Å². The second-order valence-electron chi connectivity index (χ2n) is 9.75. The Morgan fingerprint density at radius 3 is 2.41 bits per heavy atom. The van der Waals surface area contributed by atoms with Gasteiger partial charge < -0.3 is 24.7 Å². The lowest BCUT2D eigenvalue weighted by Crippen LogP contribution is -2.54. The Bertz CT molecular complexity index is 517.